The lowest BCUT2D eigenvalue weighted by atomic mass is 10.0. The second-order valence-electron chi connectivity index (χ2n) is 5.92. The van der Waals surface area contributed by atoms with E-state index in [0.717, 1.165) is 0 Å². The van der Waals surface area contributed by atoms with E-state index in [0.29, 0.717) is 22.5 Å². The van der Waals surface area contributed by atoms with Gasteiger partial charge in [0.1, 0.15) is 0 Å². The Labute approximate surface area is 156 Å². The van der Waals surface area contributed by atoms with Gasteiger partial charge in [0, 0.05) is 5.69 Å². The summed E-state index contributed by atoms with van der Waals surface area (Å²) in [6.07, 6.45) is 0. The lowest BCUT2D eigenvalue weighted by Crippen LogP contribution is -2.05. The number of nitrogens with zero attached hydrogens (tertiary/aromatic N) is 1. The summed E-state index contributed by atoms with van der Waals surface area (Å²) in [6.45, 7) is 3.32. The molecule has 0 aliphatic heterocycles. The highest BCUT2D eigenvalue weighted by molar-refractivity contribution is 6.04. The monoisotopic (exact) mass is 365 g/mol. The standard InChI is InChI=1S/C21H19NO5/c1-3-27-21(26)15-9-11-16(12-10-15)22-18(14-7-5-4-6-8-14)17(13(2)23)19(24)20(22)25/h4-12,24-25H,3H2,1-2H3. The minimum absolute atomic E-state index is 0.0353. The van der Waals surface area contributed by atoms with Crippen molar-refractivity contribution in [2.24, 2.45) is 0 Å². The first-order valence-corrected chi connectivity index (χ1v) is 8.46. The Balaban J connectivity index is 2.20. The molecule has 6 nitrogen and oxygen atoms in total. The highest BCUT2D eigenvalue weighted by Crippen LogP contribution is 2.43. The number of hydrogen-bond acceptors (Lipinski definition) is 5. The van der Waals surface area contributed by atoms with Crippen LogP contribution in [0.1, 0.15) is 34.6 Å². The molecule has 0 atom stereocenters. The lowest BCUT2D eigenvalue weighted by Gasteiger charge is -2.12. The fourth-order valence-electron chi connectivity index (χ4n) is 2.96. The Morgan fingerprint density at radius 2 is 1.63 bits per heavy atom. The van der Waals surface area contributed by atoms with Crippen molar-refractivity contribution in [3.05, 3.63) is 65.7 Å². The van der Waals surface area contributed by atoms with Gasteiger partial charge in [0.2, 0.25) is 5.88 Å². The van der Waals surface area contributed by atoms with Crippen LogP contribution >= 0.6 is 0 Å². The number of hydrogen-bond donors (Lipinski definition) is 2. The maximum absolute atomic E-state index is 12.1. The van der Waals surface area contributed by atoms with Crippen molar-refractivity contribution < 1.29 is 24.5 Å². The summed E-state index contributed by atoms with van der Waals surface area (Å²) in [5.41, 5.74) is 1.93. The molecule has 0 saturated carbocycles. The van der Waals surface area contributed by atoms with Crippen molar-refractivity contribution in [2.75, 3.05) is 6.61 Å². The van der Waals surface area contributed by atoms with E-state index in [1.54, 1.807) is 55.5 Å². The van der Waals surface area contributed by atoms with Crippen molar-refractivity contribution >= 4 is 11.8 Å². The fourth-order valence-corrected chi connectivity index (χ4v) is 2.96. The second kappa shape index (κ2) is 7.37. The molecule has 0 radical (unpaired) electrons. The molecule has 0 saturated heterocycles. The van der Waals surface area contributed by atoms with Crippen LogP contribution in [0.4, 0.5) is 0 Å². The summed E-state index contributed by atoms with van der Waals surface area (Å²) in [4.78, 5) is 24.0. The Morgan fingerprint density at radius 1 is 1.00 bits per heavy atom. The molecule has 0 bridgehead atoms. The van der Waals surface area contributed by atoms with E-state index in [9.17, 15) is 19.8 Å². The van der Waals surface area contributed by atoms with Crippen molar-refractivity contribution in [2.45, 2.75) is 13.8 Å². The van der Waals surface area contributed by atoms with E-state index in [1.807, 2.05) is 6.07 Å². The average molecular weight is 365 g/mol. The molecule has 1 aromatic heterocycles. The van der Waals surface area contributed by atoms with E-state index in [4.69, 9.17) is 4.74 Å². The van der Waals surface area contributed by atoms with Crippen molar-refractivity contribution in [3.63, 3.8) is 0 Å². The number of esters is 1. The molecule has 3 aromatic rings. The Hall–Kier alpha value is -3.54. The van der Waals surface area contributed by atoms with Crippen LogP contribution in [-0.4, -0.2) is 33.1 Å². The molecule has 2 N–H and O–H groups in total. The van der Waals surface area contributed by atoms with Gasteiger partial charge >= 0.3 is 5.97 Å². The van der Waals surface area contributed by atoms with Crippen LogP contribution in [0.15, 0.2) is 54.6 Å². The number of carbonyl (C=O) groups excluding carboxylic acids is 2. The van der Waals surface area contributed by atoms with Gasteiger partial charge in [-0.15, -0.1) is 0 Å². The fraction of sp³-hybridized carbons (Fsp3) is 0.143. The normalized spacial score (nSPS) is 10.6. The average Bonchev–Trinajstić information content (AvgIpc) is 2.94. The maximum atomic E-state index is 12.1. The SMILES string of the molecule is CCOC(=O)c1ccc(-n2c(O)c(O)c(C(C)=O)c2-c2ccccc2)cc1. The molecular weight excluding hydrogens is 346 g/mol. The molecule has 0 amide bonds. The zero-order valence-electron chi connectivity index (χ0n) is 15.0. The van der Waals surface area contributed by atoms with Crippen LogP contribution in [0, 0.1) is 0 Å². The minimum atomic E-state index is -0.476. The van der Waals surface area contributed by atoms with Gasteiger partial charge in [0.05, 0.1) is 23.4 Å². The predicted octanol–water partition coefficient (Wildman–Crippen LogP) is 3.93. The van der Waals surface area contributed by atoms with Crippen molar-refractivity contribution in [1.29, 1.82) is 0 Å². The van der Waals surface area contributed by atoms with Gasteiger partial charge < -0.3 is 14.9 Å². The number of carbonyl (C=O) groups is 2. The number of aromatic hydroxyl groups is 2. The smallest absolute Gasteiger partial charge is 0.338 e. The van der Waals surface area contributed by atoms with Crippen LogP contribution in [0.2, 0.25) is 0 Å². The van der Waals surface area contributed by atoms with Crippen molar-refractivity contribution in [1.82, 2.24) is 4.57 Å². The quantitative estimate of drug-likeness (QED) is 0.528. The first-order valence-electron chi connectivity index (χ1n) is 8.46. The summed E-state index contributed by atoms with van der Waals surface area (Å²) in [5.74, 6) is -1.74. The van der Waals surface area contributed by atoms with Gasteiger partial charge in [-0.05, 0) is 43.7 Å². The van der Waals surface area contributed by atoms with Crippen LogP contribution < -0.4 is 0 Å². The number of ether oxygens (including phenoxy) is 1. The first-order chi connectivity index (χ1) is 13.0. The van der Waals surface area contributed by atoms with Gasteiger partial charge in [-0.2, -0.15) is 0 Å². The van der Waals surface area contributed by atoms with Gasteiger partial charge in [-0.25, -0.2) is 4.79 Å². The zero-order chi connectivity index (χ0) is 19.6. The summed E-state index contributed by atoms with van der Waals surface area (Å²) in [7, 11) is 0. The number of ketones is 1. The summed E-state index contributed by atoms with van der Waals surface area (Å²) in [6, 6.07) is 15.3. The number of benzene rings is 2. The van der Waals surface area contributed by atoms with Crippen LogP contribution in [0.5, 0.6) is 11.6 Å². The summed E-state index contributed by atoms with van der Waals surface area (Å²) >= 11 is 0. The molecule has 0 aliphatic rings. The Bertz CT molecular complexity index is 988. The molecule has 0 spiro atoms. The van der Waals surface area contributed by atoms with Gasteiger partial charge in [0.25, 0.3) is 0 Å². The summed E-state index contributed by atoms with van der Waals surface area (Å²) in [5, 5.41) is 20.8. The van der Waals surface area contributed by atoms with E-state index in [2.05, 4.69) is 0 Å². The third-order valence-electron chi connectivity index (χ3n) is 4.16. The molecule has 6 heteroatoms. The van der Waals surface area contributed by atoms with Gasteiger partial charge in [-0.1, -0.05) is 30.3 Å². The second-order valence-corrected chi connectivity index (χ2v) is 5.92. The zero-order valence-corrected chi connectivity index (χ0v) is 15.0. The van der Waals surface area contributed by atoms with E-state index >= 15 is 0 Å². The minimum Gasteiger partial charge on any atom is -0.503 e. The van der Waals surface area contributed by atoms with E-state index < -0.39 is 17.6 Å². The van der Waals surface area contributed by atoms with Crippen LogP contribution in [-0.2, 0) is 4.74 Å². The number of Topliss-reactive ketones (excluding diaryl/α,β-unsaturated/α-hetero) is 1. The third-order valence-corrected chi connectivity index (χ3v) is 4.16. The maximum Gasteiger partial charge on any atom is 0.338 e. The Kier molecular flexibility index (Phi) is 4.98. The van der Waals surface area contributed by atoms with Gasteiger partial charge in [-0.3, -0.25) is 9.36 Å². The molecular formula is C21H19NO5. The molecule has 27 heavy (non-hydrogen) atoms. The summed E-state index contributed by atoms with van der Waals surface area (Å²) < 4.78 is 6.35. The highest BCUT2D eigenvalue weighted by Gasteiger charge is 2.27. The molecule has 0 unspecified atom stereocenters. The van der Waals surface area contributed by atoms with Crippen LogP contribution in [0.25, 0.3) is 16.9 Å². The van der Waals surface area contributed by atoms with Crippen LogP contribution in [0.3, 0.4) is 0 Å². The largest absolute Gasteiger partial charge is 0.503 e. The highest BCUT2D eigenvalue weighted by atomic mass is 16.5. The third kappa shape index (κ3) is 3.29. The molecule has 1 heterocycles. The number of aromatic nitrogens is 1. The lowest BCUT2D eigenvalue weighted by molar-refractivity contribution is 0.0526. The van der Waals surface area contributed by atoms with Gasteiger partial charge in [0.15, 0.2) is 11.5 Å². The van der Waals surface area contributed by atoms with Crippen molar-refractivity contribution in [3.8, 4) is 28.6 Å². The van der Waals surface area contributed by atoms with E-state index in [-0.39, 0.29) is 18.0 Å². The molecule has 0 fully saturated rings. The predicted molar refractivity (Wildman–Crippen MR) is 100 cm³/mol. The topological polar surface area (TPSA) is 88.8 Å². The molecule has 138 valence electrons. The number of rotatable bonds is 5. The van der Waals surface area contributed by atoms with E-state index in [1.165, 1.54) is 11.5 Å². The first kappa shape index (κ1) is 18.3. The molecule has 3 rings (SSSR count). The molecule has 0 aliphatic carbocycles. The molecule has 2 aromatic carbocycles. The Morgan fingerprint density at radius 3 is 2.19 bits per heavy atom.